The maximum atomic E-state index is 13.6. The van der Waals surface area contributed by atoms with Crippen LogP contribution < -0.4 is 11.1 Å². The fourth-order valence-electron chi connectivity index (χ4n) is 4.27. The lowest BCUT2D eigenvalue weighted by atomic mass is 9.90. The number of sulfonamides is 1. The third-order valence-electron chi connectivity index (χ3n) is 5.96. The number of aliphatic imine (C=N–C) groups is 1. The second-order valence-electron chi connectivity index (χ2n) is 8.30. The number of hydrogen-bond donors (Lipinski definition) is 2. The van der Waals surface area contributed by atoms with Crippen LogP contribution in [0.5, 0.6) is 0 Å². The first-order chi connectivity index (χ1) is 16.8. The van der Waals surface area contributed by atoms with E-state index in [2.05, 4.69) is 10.3 Å². The highest BCUT2D eigenvalue weighted by molar-refractivity contribution is 7.89. The quantitative estimate of drug-likeness (QED) is 0.577. The zero-order valence-electron chi connectivity index (χ0n) is 18.5. The van der Waals surface area contributed by atoms with Crippen molar-refractivity contribution in [3.05, 3.63) is 118 Å². The molecule has 178 valence electrons. The molecule has 5 rings (SSSR count). The third-order valence-corrected chi connectivity index (χ3v) is 7.77. The van der Waals surface area contributed by atoms with Crippen LogP contribution in [0.4, 0.5) is 8.78 Å². The average Bonchev–Trinajstić information content (AvgIpc) is 2.86. The standard InChI is InChI=1S/C26H22F2N4O2S/c27-20-10-6-17(7-11-20)14-19-15-32(35(33,34)22-4-2-1-3-5-22)16-23-24(30-26(29)31-25(19)23)18-8-12-21(28)13-9-18/h1-14,24H,15-16H2,(H3,29,30,31)/b19-14+. The number of nitrogens with two attached hydrogens (primary N) is 1. The van der Waals surface area contributed by atoms with Crippen molar-refractivity contribution in [3.63, 3.8) is 0 Å². The molecule has 0 amide bonds. The van der Waals surface area contributed by atoms with Gasteiger partial charge in [0.05, 0.1) is 4.90 Å². The van der Waals surface area contributed by atoms with Gasteiger partial charge in [-0.2, -0.15) is 4.31 Å². The Morgan fingerprint density at radius 1 is 0.914 bits per heavy atom. The minimum absolute atomic E-state index is 0.0686. The van der Waals surface area contributed by atoms with Crippen LogP contribution in [-0.2, 0) is 10.0 Å². The zero-order valence-corrected chi connectivity index (χ0v) is 19.3. The molecule has 0 aliphatic carbocycles. The largest absolute Gasteiger partial charge is 0.370 e. The van der Waals surface area contributed by atoms with Gasteiger partial charge in [0.25, 0.3) is 0 Å². The molecule has 6 nitrogen and oxygen atoms in total. The number of halogens is 2. The van der Waals surface area contributed by atoms with Crippen LogP contribution in [0, 0.1) is 11.6 Å². The lowest BCUT2D eigenvalue weighted by molar-refractivity contribution is 0.436. The van der Waals surface area contributed by atoms with Gasteiger partial charge in [-0.3, -0.25) is 0 Å². The van der Waals surface area contributed by atoms with E-state index in [0.29, 0.717) is 28.0 Å². The van der Waals surface area contributed by atoms with Gasteiger partial charge in [-0.1, -0.05) is 42.5 Å². The molecule has 35 heavy (non-hydrogen) atoms. The second kappa shape index (κ2) is 9.09. The van der Waals surface area contributed by atoms with Gasteiger partial charge in [-0.25, -0.2) is 22.2 Å². The van der Waals surface area contributed by atoms with E-state index < -0.39 is 16.1 Å². The molecule has 0 spiro atoms. The summed E-state index contributed by atoms with van der Waals surface area (Å²) in [5.74, 6) is -0.586. The minimum Gasteiger partial charge on any atom is -0.370 e. The molecule has 0 radical (unpaired) electrons. The maximum absolute atomic E-state index is 13.6. The first-order valence-electron chi connectivity index (χ1n) is 10.9. The van der Waals surface area contributed by atoms with Gasteiger partial charge in [-0.15, -0.1) is 0 Å². The molecule has 0 bridgehead atoms. The Morgan fingerprint density at radius 3 is 2.20 bits per heavy atom. The van der Waals surface area contributed by atoms with Crippen molar-refractivity contribution in [2.75, 3.05) is 13.1 Å². The molecular weight excluding hydrogens is 470 g/mol. The molecule has 2 aliphatic rings. The van der Waals surface area contributed by atoms with E-state index in [1.165, 1.54) is 28.6 Å². The summed E-state index contributed by atoms with van der Waals surface area (Å²) in [6, 6.07) is 19.4. The lowest BCUT2D eigenvalue weighted by Crippen LogP contribution is -2.46. The Bertz CT molecular complexity index is 1450. The first kappa shape index (κ1) is 22.9. The predicted molar refractivity (Wildman–Crippen MR) is 131 cm³/mol. The highest BCUT2D eigenvalue weighted by Gasteiger charge is 2.37. The fourth-order valence-corrected chi connectivity index (χ4v) is 5.69. The van der Waals surface area contributed by atoms with E-state index in [4.69, 9.17) is 5.73 Å². The predicted octanol–water partition coefficient (Wildman–Crippen LogP) is 3.97. The Morgan fingerprint density at radius 2 is 1.54 bits per heavy atom. The molecule has 0 saturated carbocycles. The van der Waals surface area contributed by atoms with Crippen molar-refractivity contribution >= 4 is 22.1 Å². The average molecular weight is 493 g/mol. The summed E-state index contributed by atoms with van der Waals surface area (Å²) in [5.41, 5.74) is 9.50. The molecule has 0 saturated heterocycles. The van der Waals surface area contributed by atoms with Gasteiger partial charge in [0, 0.05) is 18.8 Å². The molecule has 2 heterocycles. The second-order valence-corrected chi connectivity index (χ2v) is 10.2. The van der Waals surface area contributed by atoms with Crippen LogP contribution >= 0.6 is 0 Å². The van der Waals surface area contributed by atoms with E-state index in [0.717, 1.165) is 0 Å². The van der Waals surface area contributed by atoms with Crippen molar-refractivity contribution < 1.29 is 17.2 Å². The van der Waals surface area contributed by atoms with Crippen LogP contribution in [0.3, 0.4) is 0 Å². The molecule has 1 atom stereocenters. The minimum atomic E-state index is -3.84. The highest BCUT2D eigenvalue weighted by Crippen LogP contribution is 2.38. The smallest absolute Gasteiger partial charge is 0.243 e. The molecule has 3 aromatic rings. The topological polar surface area (TPSA) is 87.8 Å². The van der Waals surface area contributed by atoms with E-state index in [-0.39, 0.29) is 35.6 Å². The summed E-state index contributed by atoms with van der Waals surface area (Å²) in [4.78, 5) is 4.69. The summed E-state index contributed by atoms with van der Waals surface area (Å²) >= 11 is 0. The monoisotopic (exact) mass is 492 g/mol. The Hall–Kier alpha value is -3.82. The van der Waals surface area contributed by atoms with Crippen LogP contribution in [0.2, 0.25) is 0 Å². The highest BCUT2D eigenvalue weighted by atomic mass is 32.2. The Labute approximate surface area is 202 Å². The van der Waals surface area contributed by atoms with E-state index in [1.807, 2.05) is 0 Å². The number of benzene rings is 3. The summed E-state index contributed by atoms with van der Waals surface area (Å²) < 4.78 is 55.5. The number of hydrogen-bond acceptors (Lipinski definition) is 5. The molecular formula is C26H22F2N4O2S. The number of nitrogens with one attached hydrogen (secondary N) is 1. The normalized spacial score (nSPS) is 19.8. The van der Waals surface area contributed by atoms with Crippen LogP contribution in [0.15, 0.2) is 106 Å². The Balaban J connectivity index is 1.64. The van der Waals surface area contributed by atoms with E-state index in [9.17, 15) is 17.2 Å². The molecule has 3 N–H and O–H groups in total. The number of guanidine groups is 1. The fraction of sp³-hybridized carbons (Fsp3) is 0.115. The lowest BCUT2D eigenvalue weighted by Gasteiger charge is -2.37. The van der Waals surface area contributed by atoms with Gasteiger partial charge < -0.3 is 11.1 Å². The van der Waals surface area contributed by atoms with E-state index in [1.54, 1.807) is 60.7 Å². The summed E-state index contributed by atoms with van der Waals surface area (Å²) in [5, 5.41) is 3.09. The molecule has 3 aromatic carbocycles. The maximum Gasteiger partial charge on any atom is 0.243 e. The van der Waals surface area contributed by atoms with Gasteiger partial charge in [0.15, 0.2) is 5.96 Å². The molecule has 0 aromatic heterocycles. The van der Waals surface area contributed by atoms with Gasteiger partial charge >= 0.3 is 0 Å². The molecule has 2 aliphatic heterocycles. The summed E-state index contributed by atoms with van der Waals surface area (Å²) in [7, 11) is -3.84. The van der Waals surface area contributed by atoms with Gasteiger partial charge in [-0.05, 0) is 64.7 Å². The number of rotatable bonds is 4. The molecule has 1 unspecified atom stereocenters. The summed E-state index contributed by atoms with van der Waals surface area (Å²) in [6.07, 6.45) is 1.80. The first-order valence-corrected chi connectivity index (χ1v) is 12.4. The van der Waals surface area contributed by atoms with Crippen LogP contribution in [0.25, 0.3) is 6.08 Å². The van der Waals surface area contributed by atoms with Gasteiger partial charge in [0.2, 0.25) is 10.0 Å². The van der Waals surface area contributed by atoms with Crippen molar-refractivity contribution in [2.45, 2.75) is 10.9 Å². The van der Waals surface area contributed by atoms with Crippen molar-refractivity contribution in [2.24, 2.45) is 10.7 Å². The third kappa shape index (κ3) is 4.60. The Kier molecular flexibility index (Phi) is 5.96. The van der Waals surface area contributed by atoms with Gasteiger partial charge in [0.1, 0.15) is 17.7 Å². The van der Waals surface area contributed by atoms with E-state index >= 15 is 0 Å². The molecule has 9 heteroatoms. The number of nitrogens with zero attached hydrogens (tertiary/aromatic N) is 2. The van der Waals surface area contributed by atoms with Crippen LogP contribution in [0.1, 0.15) is 17.2 Å². The molecule has 0 fully saturated rings. The summed E-state index contributed by atoms with van der Waals surface area (Å²) in [6.45, 7) is 0.142. The van der Waals surface area contributed by atoms with Crippen LogP contribution in [-0.4, -0.2) is 31.8 Å². The van der Waals surface area contributed by atoms with Crippen molar-refractivity contribution in [3.8, 4) is 0 Å². The SMILES string of the molecule is NC1=NC(c2ccc(F)cc2)C2=C(N1)/C(=C/c1ccc(F)cc1)CN(S(=O)(=O)c1ccccc1)C2. The zero-order chi connectivity index (χ0) is 24.6. The van der Waals surface area contributed by atoms with Crippen molar-refractivity contribution in [1.82, 2.24) is 9.62 Å². The van der Waals surface area contributed by atoms with Crippen molar-refractivity contribution in [1.29, 1.82) is 0 Å².